The Bertz CT molecular complexity index is 685. The van der Waals surface area contributed by atoms with E-state index in [4.69, 9.17) is 15.8 Å². The van der Waals surface area contributed by atoms with Crippen molar-refractivity contribution in [2.75, 3.05) is 32.7 Å². The third-order valence-electron chi connectivity index (χ3n) is 6.71. The van der Waals surface area contributed by atoms with E-state index in [2.05, 4.69) is 5.32 Å². The third kappa shape index (κ3) is 4.95. The van der Waals surface area contributed by atoms with E-state index in [9.17, 15) is 18.3 Å². The first-order valence-corrected chi connectivity index (χ1v) is 11.9. The van der Waals surface area contributed by atoms with E-state index in [1.54, 1.807) is 4.31 Å². The molecule has 0 aromatic rings. The van der Waals surface area contributed by atoms with Gasteiger partial charge in [-0.15, -0.1) is 0 Å². The number of hydrogen-bond acceptors (Lipinski definition) is 7. The van der Waals surface area contributed by atoms with E-state index < -0.39 is 34.8 Å². The lowest BCUT2D eigenvalue weighted by Gasteiger charge is -2.40. The molecule has 1 aliphatic carbocycles. The molecule has 0 amide bonds. The molecule has 0 aromatic heterocycles. The van der Waals surface area contributed by atoms with Crippen LogP contribution in [0, 0.1) is 11.8 Å². The van der Waals surface area contributed by atoms with Gasteiger partial charge in [0.1, 0.15) is 5.54 Å². The first-order chi connectivity index (χ1) is 13.6. The Balaban J connectivity index is 1.75. The summed E-state index contributed by atoms with van der Waals surface area (Å²) >= 11 is 0. The van der Waals surface area contributed by atoms with Gasteiger partial charge in [0.05, 0.1) is 6.04 Å². The molecule has 10 nitrogen and oxygen atoms in total. The lowest BCUT2D eigenvalue weighted by molar-refractivity contribution is -0.144. The van der Waals surface area contributed by atoms with Crippen LogP contribution < -0.4 is 11.1 Å². The number of carboxylic acid groups (broad SMARTS) is 1. The van der Waals surface area contributed by atoms with Crippen molar-refractivity contribution in [3.05, 3.63) is 0 Å². The van der Waals surface area contributed by atoms with E-state index >= 15 is 0 Å². The Morgan fingerprint density at radius 2 is 1.93 bits per heavy atom. The van der Waals surface area contributed by atoms with Crippen LogP contribution in [0.2, 0.25) is 6.32 Å². The van der Waals surface area contributed by atoms with Crippen LogP contribution in [-0.4, -0.2) is 89.6 Å². The van der Waals surface area contributed by atoms with Crippen molar-refractivity contribution in [3.8, 4) is 0 Å². The molecule has 2 heterocycles. The molecule has 2 atom stereocenters. The van der Waals surface area contributed by atoms with Crippen molar-refractivity contribution < 1.29 is 28.4 Å². The van der Waals surface area contributed by atoms with E-state index in [-0.39, 0.29) is 25.5 Å². The summed E-state index contributed by atoms with van der Waals surface area (Å²) in [6.45, 7) is 1.44. The van der Waals surface area contributed by atoms with Gasteiger partial charge in [-0.1, -0.05) is 19.3 Å². The zero-order chi connectivity index (χ0) is 21.2. The lowest BCUT2D eigenvalue weighted by Crippen LogP contribution is -2.62. The molecule has 166 valence electrons. The summed E-state index contributed by atoms with van der Waals surface area (Å²) in [7, 11) is -5.31. The molecule has 0 spiro atoms. The van der Waals surface area contributed by atoms with Crippen molar-refractivity contribution in [3.63, 3.8) is 0 Å². The number of carbonyl (C=O) groups is 1. The van der Waals surface area contributed by atoms with Crippen molar-refractivity contribution in [2.45, 2.75) is 56.4 Å². The van der Waals surface area contributed by atoms with Crippen LogP contribution in [0.4, 0.5) is 0 Å². The summed E-state index contributed by atoms with van der Waals surface area (Å²) in [6, 6.07) is -0.110. The summed E-state index contributed by atoms with van der Waals surface area (Å²) in [5.74, 6) is -1.46. The zero-order valence-electron chi connectivity index (χ0n) is 16.7. The van der Waals surface area contributed by atoms with Crippen molar-refractivity contribution in [2.24, 2.45) is 17.6 Å². The number of rotatable bonds is 10. The summed E-state index contributed by atoms with van der Waals surface area (Å²) in [4.78, 5) is 11.9. The van der Waals surface area contributed by atoms with Gasteiger partial charge in [0.25, 0.3) is 10.2 Å². The topological polar surface area (TPSA) is 156 Å². The van der Waals surface area contributed by atoms with Gasteiger partial charge in [-0.3, -0.25) is 4.79 Å². The Morgan fingerprint density at radius 1 is 1.28 bits per heavy atom. The molecule has 3 fully saturated rings. The van der Waals surface area contributed by atoms with E-state index in [0.29, 0.717) is 38.4 Å². The molecule has 2 saturated heterocycles. The van der Waals surface area contributed by atoms with Crippen LogP contribution in [0.15, 0.2) is 0 Å². The highest BCUT2D eigenvalue weighted by Gasteiger charge is 2.54. The SMILES string of the molecule is N[C@@]1(C(=O)O)CN(S(=O)(=O)N(CC2CCCC2)C2CNC2)C[C@@H]1CCCB(O)O. The van der Waals surface area contributed by atoms with Crippen LogP contribution in [0.1, 0.15) is 38.5 Å². The highest BCUT2D eigenvalue weighted by Crippen LogP contribution is 2.35. The fourth-order valence-electron chi connectivity index (χ4n) is 4.71. The average molecular weight is 432 g/mol. The molecular weight excluding hydrogens is 399 g/mol. The van der Waals surface area contributed by atoms with Crippen LogP contribution in [0.3, 0.4) is 0 Å². The number of carboxylic acids is 1. The molecule has 3 aliphatic rings. The second kappa shape index (κ2) is 9.17. The van der Waals surface area contributed by atoms with E-state index in [0.717, 1.165) is 25.7 Å². The summed E-state index contributed by atoms with van der Waals surface area (Å²) in [5, 5.41) is 30.9. The number of nitrogens with two attached hydrogens (primary N) is 1. The minimum Gasteiger partial charge on any atom is -0.480 e. The first-order valence-electron chi connectivity index (χ1n) is 10.5. The van der Waals surface area contributed by atoms with Gasteiger partial charge in [0, 0.05) is 38.6 Å². The van der Waals surface area contributed by atoms with Gasteiger partial charge in [0.2, 0.25) is 0 Å². The molecule has 6 N–H and O–H groups in total. The highest BCUT2D eigenvalue weighted by molar-refractivity contribution is 7.86. The summed E-state index contributed by atoms with van der Waals surface area (Å²) < 4.78 is 29.8. The van der Waals surface area contributed by atoms with E-state index in [1.807, 2.05) is 0 Å². The van der Waals surface area contributed by atoms with Crippen molar-refractivity contribution in [1.29, 1.82) is 0 Å². The normalized spacial score (nSPS) is 29.4. The third-order valence-corrected chi connectivity index (χ3v) is 8.68. The van der Waals surface area contributed by atoms with Gasteiger partial charge in [-0.05, 0) is 31.5 Å². The van der Waals surface area contributed by atoms with Gasteiger partial charge >= 0.3 is 13.1 Å². The fourth-order valence-corrected chi connectivity index (χ4v) is 6.68. The molecule has 12 heteroatoms. The van der Waals surface area contributed by atoms with Crippen LogP contribution in [0.25, 0.3) is 0 Å². The second-order valence-corrected chi connectivity index (χ2v) is 10.7. The van der Waals surface area contributed by atoms with Crippen molar-refractivity contribution >= 4 is 23.3 Å². The number of nitrogens with zero attached hydrogens (tertiary/aromatic N) is 2. The van der Waals surface area contributed by atoms with Gasteiger partial charge in [0.15, 0.2) is 0 Å². The zero-order valence-corrected chi connectivity index (χ0v) is 17.6. The quantitative estimate of drug-likeness (QED) is 0.266. The Labute approximate surface area is 172 Å². The number of hydrogen-bond donors (Lipinski definition) is 5. The van der Waals surface area contributed by atoms with E-state index in [1.165, 1.54) is 4.31 Å². The Hall–Kier alpha value is -0.755. The molecule has 0 aromatic carbocycles. The van der Waals surface area contributed by atoms with Gasteiger partial charge < -0.3 is 26.2 Å². The molecule has 0 bridgehead atoms. The van der Waals surface area contributed by atoms with Crippen LogP contribution in [0.5, 0.6) is 0 Å². The smallest absolute Gasteiger partial charge is 0.451 e. The predicted molar refractivity (Wildman–Crippen MR) is 108 cm³/mol. The summed E-state index contributed by atoms with van der Waals surface area (Å²) in [5.41, 5.74) is 4.50. The first kappa shape index (κ1) is 22.9. The Kier molecular flexibility index (Phi) is 7.25. The van der Waals surface area contributed by atoms with Gasteiger partial charge in [-0.2, -0.15) is 17.0 Å². The molecule has 29 heavy (non-hydrogen) atoms. The van der Waals surface area contributed by atoms with Gasteiger partial charge in [-0.25, -0.2) is 0 Å². The maximum atomic E-state index is 13.5. The molecule has 3 rings (SSSR count). The predicted octanol–water partition coefficient (Wildman–Crippen LogP) is -1.34. The minimum atomic E-state index is -3.84. The fraction of sp³-hybridized carbons (Fsp3) is 0.941. The summed E-state index contributed by atoms with van der Waals surface area (Å²) in [6.07, 6.45) is 5.06. The van der Waals surface area contributed by atoms with Crippen LogP contribution in [-0.2, 0) is 15.0 Å². The molecular formula is C17H33BN4O6S. The standard InChI is InChI=1S/C17H33BN4O6S/c19-17(16(23)24)12-21(11-14(17)6-3-7-18(25)26)29(27,28)22(15-8-20-9-15)10-13-4-1-2-5-13/h13-15,20,25-26H,1-12,19H2,(H,23,24)/t14-,17-/m0/s1. The highest BCUT2D eigenvalue weighted by atomic mass is 32.2. The molecule has 1 saturated carbocycles. The molecule has 0 unspecified atom stereocenters. The largest absolute Gasteiger partial charge is 0.480 e. The molecule has 0 radical (unpaired) electrons. The maximum Gasteiger partial charge on any atom is 0.451 e. The molecule has 2 aliphatic heterocycles. The second-order valence-electron chi connectivity index (χ2n) is 8.79. The lowest BCUT2D eigenvalue weighted by atomic mass is 9.78. The maximum absolute atomic E-state index is 13.5. The minimum absolute atomic E-state index is 0.0357. The monoisotopic (exact) mass is 432 g/mol. The number of aliphatic carboxylic acids is 1. The Morgan fingerprint density at radius 3 is 2.45 bits per heavy atom. The van der Waals surface area contributed by atoms with Crippen molar-refractivity contribution in [1.82, 2.24) is 13.9 Å². The average Bonchev–Trinajstić information content (AvgIpc) is 3.21. The van der Waals surface area contributed by atoms with Crippen LogP contribution >= 0.6 is 0 Å². The number of nitrogens with one attached hydrogen (secondary N) is 1.